The van der Waals surface area contributed by atoms with Crippen molar-refractivity contribution in [3.63, 3.8) is 0 Å². The Bertz CT molecular complexity index is 1300. The number of halogens is 2. The van der Waals surface area contributed by atoms with E-state index in [9.17, 15) is 9.59 Å². The minimum atomic E-state index is -0.313. The number of rotatable bonds is 8. The molecule has 0 radical (unpaired) electrons. The van der Waals surface area contributed by atoms with Gasteiger partial charge in [0.25, 0.3) is 5.91 Å². The van der Waals surface area contributed by atoms with Gasteiger partial charge in [0.2, 0.25) is 0 Å². The van der Waals surface area contributed by atoms with Crippen LogP contribution >= 0.6 is 23.2 Å². The second kappa shape index (κ2) is 13.0. The number of anilines is 1. The number of piperidine rings is 1. The number of amides is 1. The molecule has 2 aromatic rings. The molecule has 6 rings (SSSR count). The number of carbonyl (C=O) groups excluding carboxylic acids is 2. The lowest BCUT2D eigenvalue weighted by Crippen LogP contribution is -2.64. The second-order valence-electron chi connectivity index (χ2n) is 12.0. The van der Waals surface area contributed by atoms with Gasteiger partial charge in [0.05, 0.1) is 18.4 Å². The molecule has 2 saturated carbocycles. The van der Waals surface area contributed by atoms with Crippen molar-refractivity contribution in [3.8, 4) is 0 Å². The summed E-state index contributed by atoms with van der Waals surface area (Å²) in [6.45, 7) is 6.63. The van der Waals surface area contributed by atoms with Gasteiger partial charge in [0, 0.05) is 48.8 Å². The lowest BCUT2D eigenvalue weighted by molar-refractivity contribution is 0.0298. The van der Waals surface area contributed by atoms with E-state index in [0.29, 0.717) is 52.8 Å². The zero-order chi connectivity index (χ0) is 29.2. The zero-order valence-corrected chi connectivity index (χ0v) is 25.7. The summed E-state index contributed by atoms with van der Waals surface area (Å²) in [5.41, 5.74) is 1.81. The smallest absolute Gasteiger partial charge is 0.338 e. The predicted octanol–water partition coefficient (Wildman–Crippen LogP) is 4.95. The summed E-state index contributed by atoms with van der Waals surface area (Å²) >= 11 is 12.9. The first-order valence-electron chi connectivity index (χ1n) is 15.4. The molecular formula is C31H40Cl2N6O3. The van der Waals surface area contributed by atoms with Crippen LogP contribution < -0.4 is 10.2 Å². The Morgan fingerprint density at radius 2 is 1.76 bits per heavy atom. The molecule has 2 aliphatic carbocycles. The van der Waals surface area contributed by atoms with Crippen molar-refractivity contribution in [2.24, 2.45) is 0 Å². The average molecular weight is 616 g/mol. The number of piperazine rings is 1. The Hall–Kier alpha value is -2.46. The molecule has 1 aromatic carbocycles. The van der Waals surface area contributed by atoms with E-state index in [4.69, 9.17) is 27.9 Å². The number of fused-ring (bicyclic) bond motifs is 1. The van der Waals surface area contributed by atoms with E-state index in [2.05, 4.69) is 30.0 Å². The van der Waals surface area contributed by atoms with Gasteiger partial charge in [-0.15, -0.1) is 0 Å². The maximum Gasteiger partial charge on any atom is 0.338 e. The summed E-state index contributed by atoms with van der Waals surface area (Å²) < 4.78 is 5.28. The average Bonchev–Trinajstić information content (AvgIpc) is 3.82. The highest BCUT2D eigenvalue weighted by Gasteiger charge is 2.42. The number of ether oxygens (including phenoxy) is 1. The number of hydrogen-bond donors (Lipinski definition) is 1. The molecule has 42 heavy (non-hydrogen) atoms. The van der Waals surface area contributed by atoms with E-state index in [1.54, 1.807) is 12.3 Å². The fourth-order valence-corrected chi connectivity index (χ4v) is 7.42. The van der Waals surface area contributed by atoms with Crippen LogP contribution in [-0.4, -0.2) is 88.6 Å². The highest BCUT2D eigenvalue weighted by Crippen LogP contribution is 2.37. The first-order valence-corrected chi connectivity index (χ1v) is 16.2. The van der Waals surface area contributed by atoms with Crippen molar-refractivity contribution in [2.75, 3.05) is 37.7 Å². The third-order valence-corrected chi connectivity index (χ3v) is 9.72. The molecule has 4 fully saturated rings. The van der Waals surface area contributed by atoms with E-state index >= 15 is 0 Å². The van der Waals surface area contributed by atoms with Gasteiger partial charge < -0.3 is 15.0 Å². The number of hydrogen-bond acceptors (Lipinski definition) is 8. The maximum atomic E-state index is 12.5. The zero-order valence-electron chi connectivity index (χ0n) is 24.2. The predicted molar refractivity (Wildman–Crippen MR) is 163 cm³/mol. The lowest BCUT2D eigenvalue weighted by atomic mass is 9.84. The topological polar surface area (TPSA) is 90.9 Å². The molecule has 2 saturated heterocycles. The number of esters is 1. The van der Waals surface area contributed by atoms with Crippen molar-refractivity contribution in [1.29, 1.82) is 0 Å². The summed E-state index contributed by atoms with van der Waals surface area (Å²) in [5, 5.41) is 3.82. The molecule has 226 valence electrons. The third kappa shape index (κ3) is 6.54. The molecule has 4 aliphatic rings. The SMILES string of the molecule is CCOC(=O)c1cc(Cl)ccc1CN1CCC(N2CCN(c3ncc(C(=O)NC4CC4)nc3Cl)[C@H]3CCCC[C@H]32)CC1. The first-order chi connectivity index (χ1) is 20.4. The van der Waals surface area contributed by atoms with Gasteiger partial charge in [-0.2, -0.15) is 0 Å². The van der Waals surface area contributed by atoms with E-state index < -0.39 is 0 Å². The number of nitrogens with one attached hydrogen (secondary N) is 1. The summed E-state index contributed by atoms with van der Waals surface area (Å²) in [6, 6.07) is 7.10. The number of likely N-dealkylation sites (tertiary alicyclic amines) is 1. The van der Waals surface area contributed by atoms with Crippen LogP contribution in [0.15, 0.2) is 24.4 Å². The molecule has 0 spiro atoms. The highest BCUT2D eigenvalue weighted by atomic mass is 35.5. The van der Waals surface area contributed by atoms with Gasteiger partial charge in [-0.3, -0.25) is 14.6 Å². The first kappa shape index (κ1) is 29.6. The van der Waals surface area contributed by atoms with Crippen molar-refractivity contribution in [1.82, 2.24) is 25.1 Å². The number of benzene rings is 1. The van der Waals surface area contributed by atoms with Crippen LogP contribution in [0.2, 0.25) is 10.2 Å². The van der Waals surface area contributed by atoms with Crippen LogP contribution in [-0.2, 0) is 11.3 Å². The quantitative estimate of drug-likeness (QED) is 0.418. The van der Waals surface area contributed by atoms with Crippen LogP contribution in [0, 0.1) is 0 Å². The molecule has 0 bridgehead atoms. The number of aromatic nitrogens is 2. The lowest BCUT2D eigenvalue weighted by Gasteiger charge is -2.54. The van der Waals surface area contributed by atoms with E-state index in [1.165, 1.54) is 19.3 Å². The summed E-state index contributed by atoms with van der Waals surface area (Å²) in [4.78, 5) is 41.7. The molecule has 2 atom stereocenters. The van der Waals surface area contributed by atoms with Crippen molar-refractivity contribution < 1.29 is 14.3 Å². The normalized spacial score (nSPS) is 23.8. The summed E-state index contributed by atoms with van der Waals surface area (Å²) in [5.74, 6) is 0.191. The molecule has 11 heteroatoms. The van der Waals surface area contributed by atoms with Crippen LogP contribution in [0.5, 0.6) is 0 Å². The van der Waals surface area contributed by atoms with Crippen LogP contribution in [0.3, 0.4) is 0 Å². The molecular weight excluding hydrogens is 575 g/mol. The Kier molecular flexibility index (Phi) is 9.19. The van der Waals surface area contributed by atoms with Gasteiger partial charge >= 0.3 is 5.97 Å². The maximum absolute atomic E-state index is 12.5. The van der Waals surface area contributed by atoms with Gasteiger partial charge in [-0.25, -0.2) is 14.8 Å². The highest BCUT2D eigenvalue weighted by molar-refractivity contribution is 6.32. The van der Waals surface area contributed by atoms with Crippen LogP contribution in [0.1, 0.15) is 84.7 Å². The van der Waals surface area contributed by atoms with Crippen molar-refractivity contribution in [3.05, 3.63) is 51.4 Å². The summed E-state index contributed by atoms with van der Waals surface area (Å²) in [7, 11) is 0. The van der Waals surface area contributed by atoms with E-state index in [0.717, 1.165) is 63.8 Å². The molecule has 3 heterocycles. The van der Waals surface area contributed by atoms with Crippen molar-refractivity contribution in [2.45, 2.75) is 89.0 Å². The molecule has 2 aliphatic heterocycles. The van der Waals surface area contributed by atoms with E-state index in [-0.39, 0.29) is 23.6 Å². The van der Waals surface area contributed by atoms with E-state index in [1.807, 2.05) is 19.1 Å². The van der Waals surface area contributed by atoms with Gasteiger partial charge in [-0.1, -0.05) is 42.1 Å². The van der Waals surface area contributed by atoms with Gasteiger partial charge in [0.1, 0.15) is 5.69 Å². The van der Waals surface area contributed by atoms with Gasteiger partial charge in [0.15, 0.2) is 11.0 Å². The monoisotopic (exact) mass is 614 g/mol. The molecule has 1 N–H and O–H groups in total. The molecule has 1 amide bonds. The van der Waals surface area contributed by atoms with Crippen molar-refractivity contribution >= 4 is 40.9 Å². The Labute approximate surface area is 257 Å². The molecule has 0 unspecified atom stereocenters. The van der Waals surface area contributed by atoms with Gasteiger partial charge in [-0.05, 0) is 76.2 Å². The van der Waals surface area contributed by atoms with Crippen LogP contribution in [0.4, 0.5) is 5.82 Å². The van der Waals surface area contributed by atoms with Crippen LogP contribution in [0.25, 0.3) is 0 Å². The molecule has 1 aromatic heterocycles. The fraction of sp³-hybridized carbons (Fsp3) is 0.613. The molecule has 9 nitrogen and oxygen atoms in total. The minimum Gasteiger partial charge on any atom is -0.462 e. The third-order valence-electron chi connectivity index (χ3n) is 9.24. The minimum absolute atomic E-state index is 0.196. The Balaban J connectivity index is 1.09. The number of nitrogens with zero attached hydrogens (tertiary/aromatic N) is 5. The largest absolute Gasteiger partial charge is 0.462 e. The summed E-state index contributed by atoms with van der Waals surface area (Å²) in [6.07, 6.45) is 10.5. The standard InChI is InChI=1S/C31H40Cl2N6O3/c1-2-42-31(41)24-17-21(32)8-7-20(24)19-37-13-11-23(12-14-37)38-15-16-39(27-6-4-3-5-26(27)38)29-28(33)36-25(18-34-29)30(40)35-22-9-10-22/h7-8,17-18,22-23,26-27H,2-6,9-16,19H2,1H3,(H,35,40)/t26-,27+/m1/s1. The Morgan fingerprint density at radius 1 is 1.00 bits per heavy atom. The fourth-order valence-electron chi connectivity index (χ4n) is 7.00. The Morgan fingerprint density at radius 3 is 2.48 bits per heavy atom. The number of carbonyl (C=O) groups is 2. The second-order valence-corrected chi connectivity index (χ2v) is 12.8.